The van der Waals surface area contributed by atoms with Crippen molar-refractivity contribution in [1.29, 1.82) is 0 Å². The van der Waals surface area contributed by atoms with Crippen molar-refractivity contribution in [3.05, 3.63) is 28.7 Å². The lowest BCUT2D eigenvalue weighted by Crippen LogP contribution is -2.45. The van der Waals surface area contributed by atoms with Crippen molar-refractivity contribution >= 4 is 33.4 Å². The van der Waals surface area contributed by atoms with Crippen LogP contribution in [0, 0.1) is 5.92 Å². The molecule has 0 saturated carbocycles. The zero-order chi connectivity index (χ0) is 15.7. The lowest BCUT2D eigenvalue weighted by molar-refractivity contribution is -0.140. The number of hydrogen-bond acceptors (Lipinski definition) is 3. The Morgan fingerprint density at radius 1 is 1.32 bits per heavy atom. The van der Waals surface area contributed by atoms with Crippen molar-refractivity contribution in [3.8, 4) is 0 Å². The summed E-state index contributed by atoms with van der Waals surface area (Å²) in [6.45, 7) is 1.79. The first-order valence-corrected chi connectivity index (χ1v) is 8.48. The van der Waals surface area contributed by atoms with Gasteiger partial charge in [0.1, 0.15) is 5.92 Å². The molecule has 1 aromatic carbocycles. The van der Waals surface area contributed by atoms with E-state index in [4.69, 9.17) is 5.73 Å². The highest BCUT2D eigenvalue weighted by Crippen LogP contribution is 2.30. The van der Waals surface area contributed by atoms with E-state index in [1.54, 1.807) is 4.90 Å². The van der Waals surface area contributed by atoms with E-state index in [-0.39, 0.29) is 17.9 Å². The summed E-state index contributed by atoms with van der Waals surface area (Å²) in [7, 11) is 0. The molecular formula is C16H20BrN3O2. The molecule has 118 valence electrons. The average Bonchev–Trinajstić information content (AvgIpc) is 3.12. The van der Waals surface area contributed by atoms with Crippen molar-refractivity contribution in [2.45, 2.75) is 25.3 Å². The first-order chi connectivity index (χ1) is 10.6. The maximum atomic E-state index is 12.7. The second-order valence-corrected chi connectivity index (χ2v) is 6.79. The summed E-state index contributed by atoms with van der Waals surface area (Å²) >= 11 is 3.42. The van der Waals surface area contributed by atoms with Gasteiger partial charge in [-0.15, -0.1) is 0 Å². The normalized spacial score (nSPS) is 25.1. The van der Waals surface area contributed by atoms with Crippen LogP contribution in [0.15, 0.2) is 28.7 Å². The average molecular weight is 366 g/mol. The van der Waals surface area contributed by atoms with E-state index in [0.717, 1.165) is 29.5 Å². The molecule has 0 radical (unpaired) electrons. The van der Waals surface area contributed by atoms with Crippen LogP contribution in [0.1, 0.15) is 19.3 Å². The van der Waals surface area contributed by atoms with Gasteiger partial charge >= 0.3 is 0 Å². The molecule has 2 aliphatic heterocycles. The first-order valence-electron chi connectivity index (χ1n) is 7.69. The number of likely N-dealkylation sites (tertiary alicyclic amines) is 1. The maximum Gasteiger partial charge on any atom is 0.239 e. The topological polar surface area (TPSA) is 66.6 Å². The lowest BCUT2D eigenvalue weighted by atomic mass is 10.1. The summed E-state index contributed by atoms with van der Waals surface area (Å²) < 4.78 is 0.926. The fraction of sp³-hybridized carbons (Fsp3) is 0.500. The van der Waals surface area contributed by atoms with E-state index in [1.165, 1.54) is 0 Å². The molecule has 0 aromatic heterocycles. The molecule has 2 atom stereocenters. The molecule has 5 nitrogen and oxygen atoms in total. The fourth-order valence-corrected chi connectivity index (χ4v) is 3.77. The highest BCUT2D eigenvalue weighted by atomic mass is 79.9. The number of benzene rings is 1. The van der Waals surface area contributed by atoms with Crippen molar-refractivity contribution in [2.24, 2.45) is 11.7 Å². The number of halogens is 1. The Balaban J connectivity index is 1.75. The van der Waals surface area contributed by atoms with Crippen LogP contribution in [-0.2, 0) is 9.59 Å². The molecule has 1 aromatic rings. The number of nitrogens with two attached hydrogens (primary N) is 1. The van der Waals surface area contributed by atoms with Gasteiger partial charge in [-0.25, -0.2) is 0 Å². The van der Waals surface area contributed by atoms with E-state index in [2.05, 4.69) is 15.9 Å². The van der Waals surface area contributed by atoms with Gasteiger partial charge < -0.3 is 15.5 Å². The van der Waals surface area contributed by atoms with Crippen molar-refractivity contribution in [1.82, 2.24) is 4.90 Å². The van der Waals surface area contributed by atoms with Crippen LogP contribution in [0.2, 0.25) is 0 Å². The fourth-order valence-electron chi connectivity index (χ4n) is 3.38. The van der Waals surface area contributed by atoms with E-state index in [0.29, 0.717) is 19.5 Å². The summed E-state index contributed by atoms with van der Waals surface area (Å²) in [6.07, 6.45) is 2.50. The predicted molar refractivity (Wildman–Crippen MR) is 88.4 cm³/mol. The highest BCUT2D eigenvalue weighted by Gasteiger charge is 2.42. The van der Waals surface area contributed by atoms with Gasteiger partial charge in [0.25, 0.3) is 0 Å². The molecule has 2 aliphatic rings. The summed E-state index contributed by atoms with van der Waals surface area (Å²) in [5, 5.41) is 0. The van der Waals surface area contributed by atoms with Crippen LogP contribution in [0.4, 0.5) is 5.69 Å². The third-order valence-corrected chi connectivity index (χ3v) is 5.05. The second kappa shape index (κ2) is 6.38. The minimum Gasteiger partial charge on any atom is -0.338 e. The summed E-state index contributed by atoms with van der Waals surface area (Å²) in [5.74, 6) is -0.688. The SMILES string of the molecule is NC[C@@H]1CCCN1C(=O)[C@@H]1CCN(c2cccc(Br)c2)C1=O. The molecule has 2 amide bonds. The number of nitrogens with zero attached hydrogens (tertiary/aromatic N) is 2. The summed E-state index contributed by atoms with van der Waals surface area (Å²) in [5.41, 5.74) is 6.58. The molecule has 2 heterocycles. The molecule has 3 rings (SSSR count). The van der Waals surface area contributed by atoms with E-state index in [9.17, 15) is 9.59 Å². The van der Waals surface area contributed by atoms with Crippen LogP contribution < -0.4 is 10.6 Å². The molecule has 2 fully saturated rings. The van der Waals surface area contributed by atoms with Crippen LogP contribution in [-0.4, -0.2) is 42.4 Å². The highest BCUT2D eigenvalue weighted by molar-refractivity contribution is 9.10. The number of carbonyl (C=O) groups is 2. The number of amides is 2. The van der Waals surface area contributed by atoms with Gasteiger partial charge in [0.15, 0.2) is 0 Å². The van der Waals surface area contributed by atoms with Gasteiger partial charge in [-0.1, -0.05) is 22.0 Å². The molecule has 0 aliphatic carbocycles. The molecule has 2 N–H and O–H groups in total. The van der Waals surface area contributed by atoms with E-state index < -0.39 is 5.92 Å². The van der Waals surface area contributed by atoms with Gasteiger partial charge in [-0.3, -0.25) is 9.59 Å². The molecule has 22 heavy (non-hydrogen) atoms. The van der Waals surface area contributed by atoms with Crippen LogP contribution in [0.3, 0.4) is 0 Å². The number of rotatable bonds is 3. The maximum absolute atomic E-state index is 12.7. The van der Waals surface area contributed by atoms with Crippen molar-refractivity contribution in [2.75, 3.05) is 24.5 Å². The monoisotopic (exact) mass is 365 g/mol. The Morgan fingerprint density at radius 3 is 2.86 bits per heavy atom. The van der Waals surface area contributed by atoms with Crippen molar-refractivity contribution < 1.29 is 9.59 Å². The Hall–Kier alpha value is -1.40. The molecule has 0 bridgehead atoms. The summed E-state index contributed by atoms with van der Waals surface area (Å²) in [4.78, 5) is 28.8. The van der Waals surface area contributed by atoms with Crippen LogP contribution >= 0.6 is 15.9 Å². The van der Waals surface area contributed by atoms with Gasteiger partial charge in [0.2, 0.25) is 11.8 Å². The molecule has 0 spiro atoms. The standard InChI is InChI=1S/C16H20BrN3O2/c17-11-3-1-4-12(9-11)20-8-6-14(16(20)22)15(21)19-7-2-5-13(19)10-18/h1,3-4,9,13-14H,2,5-8,10,18H2/t13-,14-/m0/s1. The number of carbonyl (C=O) groups excluding carboxylic acids is 2. The van der Waals surface area contributed by atoms with E-state index in [1.807, 2.05) is 29.2 Å². The second-order valence-electron chi connectivity index (χ2n) is 5.87. The van der Waals surface area contributed by atoms with Crippen LogP contribution in [0.5, 0.6) is 0 Å². The lowest BCUT2D eigenvalue weighted by Gasteiger charge is -2.26. The van der Waals surface area contributed by atoms with Crippen molar-refractivity contribution in [3.63, 3.8) is 0 Å². The van der Waals surface area contributed by atoms with Gasteiger partial charge in [0, 0.05) is 35.8 Å². The Kier molecular flexibility index (Phi) is 4.49. The minimum absolute atomic E-state index is 0.0459. The third kappa shape index (κ3) is 2.77. The Labute approximate surface area is 138 Å². The molecule has 0 unspecified atom stereocenters. The molecule has 2 saturated heterocycles. The Bertz CT molecular complexity index is 593. The zero-order valence-electron chi connectivity index (χ0n) is 12.4. The van der Waals surface area contributed by atoms with Gasteiger partial charge in [-0.05, 0) is 37.5 Å². The van der Waals surface area contributed by atoms with Gasteiger partial charge in [0.05, 0.1) is 0 Å². The predicted octanol–water partition coefficient (Wildman–Crippen LogP) is 1.75. The molecular weight excluding hydrogens is 346 g/mol. The zero-order valence-corrected chi connectivity index (χ0v) is 14.0. The van der Waals surface area contributed by atoms with E-state index >= 15 is 0 Å². The first kappa shape index (κ1) is 15.5. The number of anilines is 1. The minimum atomic E-state index is -0.550. The summed E-state index contributed by atoms with van der Waals surface area (Å²) in [6, 6.07) is 7.72. The molecule has 6 heteroatoms. The number of hydrogen-bond donors (Lipinski definition) is 1. The largest absolute Gasteiger partial charge is 0.338 e. The Morgan fingerprint density at radius 2 is 2.14 bits per heavy atom. The quantitative estimate of drug-likeness (QED) is 0.829. The van der Waals surface area contributed by atoms with Crippen LogP contribution in [0.25, 0.3) is 0 Å². The third-order valence-electron chi connectivity index (χ3n) is 4.56. The van der Waals surface area contributed by atoms with Gasteiger partial charge in [-0.2, -0.15) is 0 Å². The smallest absolute Gasteiger partial charge is 0.239 e.